The van der Waals surface area contributed by atoms with Crippen LogP contribution < -0.4 is 20.1 Å². The summed E-state index contributed by atoms with van der Waals surface area (Å²) in [7, 11) is -3.56. The third-order valence-electron chi connectivity index (χ3n) is 9.55. The number of hydrogen-bond acceptors (Lipinski definition) is 8. The van der Waals surface area contributed by atoms with E-state index in [1.54, 1.807) is 36.4 Å². The number of ether oxygens (including phenoxy) is 1. The molecular formula is C37H45N7O5S. The summed E-state index contributed by atoms with van der Waals surface area (Å²) in [5.74, 6) is 1.47. The minimum absolute atomic E-state index is 0.265. The number of sulfonamides is 1. The van der Waals surface area contributed by atoms with Crippen LogP contribution in [0, 0.1) is 0 Å². The Morgan fingerprint density at radius 1 is 1.08 bits per heavy atom. The first-order valence-electron chi connectivity index (χ1n) is 16.8. The van der Waals surface area contributed by atoms with Gasteiger partial charge in [-0.2, -0.15) is 0 Å². The highest BCUT2D eigenvalue weighted by molar-refractivity contribution is 7.92. The van der Waals surface area contributed by atoms with E-state index >= 15 is 0 Å². The first-order chi connectivity index (χ1) is 23.5. The first kappa shape index (κ1) is 35.1. The highest BCUT2D eigenvalue weighted by Gasteiger charge is 2.43. The van der Waals surface area contributed by atoms with Crippen molar-refractivity contribution in [3.8, 4) is 5.75 Å². The number of urea groups is 1. The SMILES string of the molecule is CC(C)N1CCC[C@@]1(C)c1nnc2ccc(O[C@@H]3C=C[C@](C=O)(NC(=O)Nc4cc(NS(C)(=O)=O)cc(C(C)(C)C)c4)c4ccccc43)cn12. The molecule has 1 aliphatic heterocycles. The molecule has 0 radical (unpaired) electrons. The molecule has 1 saturated heterocycles. The zero-order chi connectivity index (χ0) is 36.1. The number of carbonyl (C=O) groups excluding carboxylic acids is 2. The monoisotopic (exact) mass is 699 g/mol. The van der Waals surface area contributed by atoms with E-state index in [1.807, 2.05) is 55.6 Å². The van der Waals surface area contributed by atoms with Crippen LogP contribution in [0.25, 0.3) is 5.65 Å². The molecule has 50 heavy (non-hydrogen) atoms. The summed E-state index contributed by atoms with van der Waals surface area (Å²) in [6, 6.07) is 15.8. The number of carbonyl (C=O) groups is 2. The molecule has 1 aliphatic carbocycles. The van der Waals surface area contributed by atoms with Crippen molar-refractivity contribution >= 4 is 39.4 Å². The summed E-state index contributed by atoms with van der Waals surface area (Å²) in [5.41, 5.74) is 1.41. The Kier molecular flexibility index (Phi) is 9.02. The second-order valence-electron chi connectivity index (χ2n) is 14.8. The summed E-state index contributed by atoms with van der Waals surface area (Å²) in [6.45, 7) is 13.6. The van der Waals surface area contributed by atoms with Gasteiger partial charge in [-0.3, -0.25) is 18.8 Å². The molecule has 0 saturated carbocycles. The highest BCUT2D eigenvalue weighted by atomic mass is 32.2. The van der Waals surface area contributed by atoms with Crippen molar-refractivity contribution in [1.82, 2.24) is 24.8 Å². The fourth-order valence-electron chi connectivity index (χ4n) is 7.16. The number of nitrogens with one attached hydrogen (secondary N) is 3. The van der Waals surface area contributed by atoms with Crippen molar-refractivity contribution in [2.45, 2.75) is 83.0 Å². The Morgan fingerprint density at radius 3 is 2.52 bits per heavy atom. The number of aromatic nitrogens is 3. The Balaban J connectivity index is 1.27. The highest BCUT2D eigenvalue weighted by Crippen LogP contribution is 2.41. The van der Waals surface area contributed by atoms with Crippen molar-refractivity contribution in [2.24, 2.45) is 0 Å². The molecule has 0 spiro atoms. The van der Waals surface area contributed by atoms with Crippen LogP contribution in [-0.2, 0) is 31.3 Å². The molecule has 13 heteroatoms. The molecule has 2 aromatic carbocycles. The molecule has 264 valence electrons. The molecule has 3 heterocycles. The van der Waals surface area contributed by atoms with Crippen molar-refractivity contribution < 1.29 is 22.7 Å². The van der Waals surface area contributed by atoms with E-state index in [1.165, 1.54) is 6.07 Å². The van der Waals surface area contributed by atoms with Crippen molar-refractivity contribution in [2.75, 3.05) is 22.8 Å². The Bertz CT molecular complexity index is 2090. The molecule has 0 bridgehead atoms. The van der Waals surface area contributed by atoms with Crippen LogP contribution in [0.3, 0.4) is 0 Å². The van der Waals surface area contributed by atoms with Crippen molar-refractivity contribution in [3.63, 3.8) is 0 Å². The molecule has 12 nitrogen and oxygen atoms in total. The maximum atomic E-state index is 13.5. The Labute approximate surface area is 293 Å². The lowest BCUT2D eigenvalue weighted by Crippen LogP contribution is -2.49. The van der Waals surface area contributed by atoms with E-state index in [0.29, 0.717) is 35.0 Å². The topological polar surface area (TPSA) is 147 Å². The van der Waals surface area contributed by atoms with Gasteiger partial charge in [0, 0.05) is 17.3 Å². The largest absolute Gasteiger partial charge is 0.480 e. The van der Waals surface area contributed by atoms with Crippen LogP contribution in [0.15, 0.2) is 72.9 Å². The van der Waals surface area contributed by atoms with Crippen LogP contribution in [0.4, 0.5) is 16.2 Å². The smallest absolute Gasteiger partial charge is 0.320 e. The summed E-state index contributed by atoms with van der Waals surface area (Å²) >= 11 is 0. The van der Waals surface area contributed by atoms with Gasteiger partial charge in [-0.25, -0.2) is 13.2 Å². The van der Waals surface area contributed by atoms with Crippen LogP contribution in [0.1, 0.15) is 83.0 Å². The van der Waals surface area contributed by atoms with Crippen molar-refractivity contribution in [3.05, 3.63) is 95.5 Å². The van der Waals surface area contributed by atoms with Gasteiger partial charge in [0.2, 0.25) is 10.0 Å². The minimum atomic E-state index is -3.56. The lowest BCUT2D eigenvalue weighted by Gasteiger charge is -2.36. The zero-order valence-corrected chi connectivity index (χ0v) is 30.3. The summed E-state index contributed by atoms with van der Waals surface area (Å²) in [4.78, 5) is 28.8. The van der Waals surface area contributed by atoms with Gasteiger partial charge in [-0.15, -0.1) is 10.2 Å². The van der Waals surface area contributed by atoms with Crippen LogP contribution in [0.2, 0.25) is 0 Å². The number of rotatable bonds is 9. The molecule has 1 fully saturated rings. The average Bonchev–Trinajstić information content (AvgIpc) is 3.65. The number of nitrogens with zero attached hydrogens (tertiary/aromatic N) is 4. The van der Waals surface area contributed by atoms with Crippen LogP contribution >= 0.6 is 0 Å². The lowest BCUT2D eigenvalue weighted by molar-refractivity contribution is -0.111. The van der Waals surface area contributed by atoms with E-state index in [2.05, 4.69) is 51.2 Å². The number of likely N-dealkylation sites (tertiary alicyclic amines) is 1. The maximum Gasteiger partial charge on any atom is 0.320 e. The van der Waals surface area contributed by atoms with Crippen LogP contribution in [-0.4, -0.2) is 59.1 Å². The number of anilines is 2. The fraction of sp³-hybridized carbons (Fsp3) is 0.405. The van der Waals surface area contributed by atoms with E-state index in [0.717, 1.165) is 48.2 Å². The molecule has 2 amide bonds. The molecule has 2 aromatic heterocycles. The van der Waals surface area contributed by atoms with E-state index < -0.39 is 27.7 Å². The number of amides is 2. The van der Waals surface area contributed by atoms with Gasteiger partial charge in [0.25, 0.3) is 0 Å². The molecular weight excluding hydrogens is 655 g/mol. The van der Waals surface area contributed by atoms with Gasteiger partial charge in [0.1, 0.15) is 17.4 Å². The van der Waals surface area contributed by atoms with Crippen LogP contribution in [0.5, 0.6) is 5.75 Å². The van der Waals surface area contributed by atoms with E-state index in [-0.39, 0.29) is 11.0 Å². The number of fused-ring (bicyclic) bond motifs is 2. The lowest BCUT2D eigenvalue weighted by atomic mass is 9.81. The molecule has 4 aromatic rings. The van der Waals surface area contributed by atoms with E-state index in [9.17, 15) is 18.0 Å². The predicted octanol–water partition coefficient (Wildman–Crippen LogP) is 6.02. The second kappa shape index (κ2) is 12.9. The maximum absolute atomic E-state index is 13.5. The Hall–Kier alpha value is -4.75. The second-order valence-corrected chi connectivity index (χ2v) is 16.5. The van der Waals surface area contributed by atoms with Gasteiger partial charge >= 0.3 is 6.03 Å². The number of aldehydes is 1. The summed E-state index contributed by atoms with van der Waals surface area (Å²) in [6.07, 6.45) is 8.58. The minimum Gasteiger partial charge on any atom is -0.480 e. The van der Waals surface area contributed by atoms with E-state index in [4.69, 9.17) is 4.74 Å². The fourth-order valence-corrected chi connectivity index (χ4v) is 7.71. The zero-order valence-electron chi connectivity index (χ0n) is 29.5. The standard InChI is InChI=1S/C37H45N7O5S/c1-24(2)44-18-10-16-36(44,6)33-41-40-32-14-13-28(22-43(32)33)49-31-15-17-37(23-45,30-12-9-8-11-29(30)31)39-34(46)38-26-19-25(35(3,4)5)20-27(21-26)42-50(7,47)48/h8-9,11-15,17,19-24,31,42H,10,16,18H2,1-7H3,(H2,38,39,46)/t31-,36+,37-/m1/s1. The number of benzene rings is 2. The van der Waals surface area contributed by atoms with Crippen molar-refractivity contribution in [1.29, 1.82) is 0 Å². The first-order valence-corrected chi connectivity index (χ1v) is 18.7. The summed E-state index contributed by atoms with van der Waals surface area (Å²) < 4.78 is 35.0. The summed E-state index contributed by atoms with van der Waals surface area (Å²) in [5, 5.41) is 14.7. The normalized spacial score (nSPS) is 22.4. The molecule has 6 rings (SSSR count). The third-order valence-corrected chi connectivity index (χ3v) is 10.2. The van der Waals surface area contributed by atoms with Gasteiger partial charge in [0.15, 0.2) is 17.8 Å². The molecule has 3 N–H and O–H groups in total. The third kappa shape index (κ3) is 6.84. The quantitative estimate of drug-likeness (QED) is 0.142. The van der Waals surface area contributed by atoms with Gasteiger partial charge in [0.05, 0.1) is 23.7 Å². The number of pyridine rings is 1. The molecule has 2 aliphatic rings. The molecule has 0 unspecified atom stereocenters. The average molecular weight is 700 g/mol. The van der Waals surface area contributed by atoms with Gasteiger partial charge < -0.3 is 15.4 Å². The predicted molar refractivity (Wildman–Crippen MR) is 194 cm³/mol. The molecule has 3 atom stereocenters. The van der Waals surface area contributed by atoms with Gasteiger partial charge in [-0.1, -0.05) is 45.0 Å². The number of hydrogen-bond donors (Lipinski definition) is 3. The Morgan fingerprint density at radius 2 is 1.82 bits per heavy atom. The van der Waals surface area contributed by atoms with Gasteiger partial charge in [-0.05, 0) is 99.2 Å².